The van der Waals surface area contributed by atoms with Crippen molar-refractivity contribution in [3.63, 3.8) is 0 Å². The standard InChI is InChI=1S/C20H19N3O/c1-23(18-10-3-2-4-11-18)20(24)22-15-17-8-5-6-12-19(17)16-9-7-13-21-14-16/h2-14H,15H2,1H3,(H,22,24). The molecular formula is C20H19N3O. The number of benzene rings is 2. The summed E-state index contributed by atoms with van der Waals surface area (Å²) in [5, 5.41) is 2.97. The Labute approximate surface area is 141 Å². The summed E-state index contributed by atoms with van der Waals surface area (Å²) in [5.74, 6) is 0. The lowest BCUT2D eigenvalue weighted by Crippen LogP contribution is -2.36. The topological polar surface area (TPSA) is 45.2 Å². The van der Waals surface area contributed by atoms with E-state index in [2.05, 4.69) is 10.3 Å². The molecule has 2 amide bonds. The van der Waals surface area contributed by atoms with Gasteiger partial charge in [-0.3, -0.25) is 9.88 Å². The van der Waals surface area contributed by atoms with Crippen molar-refractivity contribution < 1.29 is 4.79 Å². The maximum Gasteiger partial charge on any atom is 0.321 e. The fourth-order valence-corrected chi connectivity index (χ4v) is 2.54. The summed E-state index contributed by atoms with van der Waals surface area (Å²) in [4.78, 5) is 18.1. The normalized spacial score (nSPS) is 10.2. The van der Waals surface area contributed by atoms with E-state index < -0.39 is 0 Å². The first kappa shape index (κ1) is 15.7. The van der Waals surface area contributed by atoms with Gasteiger partial charge in [-0.05, 0) is 29.3 Å². The number of nitrogens with zero attached hydrogens (tertiary/aromatic N) is 2. The Hall–Kier alpha value is -3.14. The van der Waals surface area contributed by atoms with E-state index in [-0.39, 0.29) is 6.03 Å². The van der Waals surface area contributed by atoms with Crippen molar-refractivity contribution in [3.8, 4) is 11.1 Å². The predicted molar refractivity (Wildman–Crippen MR) is 96.8 cm³/mol. The van der Waals surface area contributed by atoms with Crippen LogP contribution in [0, 0.1) is 0 Å². The van der Waals surface area contributed by atoms with Gasteiger partial charge in [0.1, 0.15) is 0 Å². The number of rotatable bonds is 4. The molecule has 1 N–H and O–H groups in total. The minimum atomic E-state index is -0.137. The maximum atomic E-state index is 12.4. The fraction of sp³-hybridized carbons (Fsp3) is 0.100. The number of para-hydroxylation sites is 1. The molecule has 0 radical (unpaired) electrons. The molecule has 3 rings (SSSR count). The smallest absolute Gasteiger partial charge is 0.321 e. The quantitative estimate of drug-likeness (QED) is 0.787. The van der Waals surface area contributed by atoms with Gasteiger partial charge in [-0.25, -0.2) is 4.79 Å². The van der Waals surface area contributed by atoms with Gasteiger partial charge in [0.15, 0.2) is 0 Å². The van der Waals surface area contributed by atoms with Crippen molar-refractivity contribution in [2.24, 2.45) is 0 Å². The minimum Gasteiger partial charge on any atom is -0.334 e. The number of nitrogens with one attached hydrogen (secondary N) is 1. The molecule has 0 fully saturated rings. The van der Waals surface area contributed by atoms with Crippen LogP contribution in [0.3, 0.4) is 0 Å². The maximum absolute atomic E-state index is 12.4. The number of anilines is 1. The molecule has 0 aliphatic heterocycles. The van der Waals surface area contributed by atoms with Crippen LogP contribution in [-0.2, 0) is 6.54 Å². The number of carbonyl (C=O) groups excluding carboxylic acids is 1. The van der Waals surface area contributed by atoms with E-state index in [1.807, 2.05) is 72.9 Å². The van der Waals surface area contributed by atoms with Crippen molar-refractivity contribution >= 4 is 11.7 Å². The van der Waals surface area contributed by atoms with Crippen molar-refractivity contribution in [1.29, 1.82) is 0 Å². The predicted octanol–water partition coefficient (Wildman–Crippen LogP) is 4.09. The highest BCUT2D eigenvalue weighted by molar-refractivity contribution is 5.91. The SMILES string of the molecule is CN(C(=O)NCc1ccccc1-c1cccnc1)c1ccccc1. The molecule has 2 aromatic carbocycles. The summed E-state index contributed by atoms with van der Waals surface area (Å²) in [6.07, 6.45) is 3.58. The Morgan fingerprint density at radius 1 is 1.00 bits per heavy atom. The van der Waals surface area contributed by atoms with Crippen LogP contribution in [0.15, 0.2) is 79.1 Å². The Morgan fingerprint density at radius 3 is 2.50 bits per heavy atom. The molecule has 120 valence electrons. The molecule has 3 aromatic rings. The van der Waals surface area contributed by atoms with Crippen LogP contribution in [0.5, 0.6) is 0 Å². The zero-order valence-corrected chi connectivity index (χ0v) is 13.5. The van der Waals surface area contributed by atoms with E-state index in [0.717, 1.165) is 22.4 Å². The molecule has 0 saturated heterocycles. The monoisotopic (exact) mass is 317 g/mol. The first-order chi connectivity index (χ1) is 11.8. The Kier molecular flexibility index (Phi) is 4.87. The van der Waals surface area contributed by atoms with Gasteiger partial charge in [0.05, 0.1) is 0 Å². The van der Waals surface area contributed by atoms with Crippen LogP contribution in [0.25, 0.3) is 11.1 Å². The van der Waals surface area contributed by atoms with E-state index in [9.17, 15) is 4.79 Å². The zero-order valence-electron chi connectivity index (χ0n) is 13.5. The Balaban J connectivity index is 1.72. The molecule has 0 spiro atoms. The van der Waals surface area contributed by atoms with Gasteiger partial charge in [-0.15, -0.1) is 0 Å². The number of urea groups is 1. The molecule has 1 aromatic heterocycles. The third-order valence-corrected chi connectivity index (χ3v) is 3.87. The average molecular weight is 317 g/mol. The van der Waals surface area contributed by atoms with Gasteiger partial charge < -0.3 is 5.32 Å². The Bertz CT molecular complexity index is 803. The van der Waals surface area contributed by atoms with E-state index in [1.165, 1.54) is 0 Å². The molecule has 24 heavy (non-hydrogen) atoms. The number of pyridine rings is 1. The van der Waals surface area contributed by atoms with Crippen LogP contribution in [0.4, 0.5) is 10.5 Å². The summed E-state index contributed by atoms with van der Waals surface area (Å²) in [7, 11) is 1.76. The lowest BCUT2D eigenvalue weighted by Gasteiger charge is -2.18. The fourth-order valence-electron chi connectivity index (χ4n) is 2.54. The second-order valence-corrected chi connectivity index (χ2v) is 5.45. The highest BCUT2D eigenvalue weighted by Gasteiger charge is 2.11. The van der Waals surface area contributed by atoms with Crippen molar-refractivity contribution in [3.05, 3.63) is 84.7 Å². The van der Waals surface area contributed by atoms with Gasteiger partial charge in [0, 0.05) is 37.2 Å². The average Bonchev–Trinajstić information content (AvgIpc) is 2.67. The third kappa shape index (κ3) is 3.60. The molecule has 0 saturated carbocycles. The van der Waals surface area contributed by atoms with Crippen molar-refractivity contribution in [2.75, 3.05) is 11.9 Å². The summed E-state index contributed by atoms with van der Waals surface area (Å²) in [5.41, 5.74) is 4.03. The lowest BCUT2D eigenvalue weighted by molar-refractivity contribution is 0.247. The number of hydrogen-bond acceptors (Lipinski definition) is 2. The third-order valence-electron chi connectivity index (χ3n) is 3.87. The van der Waals surface area contributed by atoms with Crippen LogP contribution >= 0.6 is 0 Å². The second kappa shape index (κ2) is 7.42. The second-order valence-electron chi connectivity index (χ2n) is 5.45. The van der Waals surface area contributed by atoms with E-state index in [1.54, 1.807) is 18.1 Å². The van der Waals surface area contributed by atoms with E-state index in [0.29, 0.717) is 6.54 Å². The number of carbonyl (C=O) groups is 1. The molecular weight excluding hydrogens is 298 g/mol. The van der Waals surface area contributed by atoms with Gasteiger partial charge in [0.25, 0.3) is 0 Å². The van der Waals surface area contributed by atoms with Gasteiger partial charge in [0.2, 0.25) is 0 Å². The molecule has 4 nitrogen and oxygen atoms in total. The number of amides is 2. The number of hydrogen-bond donors (Lipinski definition) is 1. The highest BCUT2D eigenvalue weighted by Crippen LogP contribution is 2.22. The lowest BCUT2D eigenvalue weighted by atomic mass is 10.0. The molecule has 0 unspecified atom stereocenters. The molecule has 0 atom stereocenters. The molecule has 4 heteroatoms. The molecule has 1 heterocycles. The van der Waals surface area contributed by atoms with Crippen molar-refractivity contribution in [1.82, 2.24) is 10.3 Å². The van der Waals surface area contributed by atoms with Gasteiger partial charge in [-0.1, -0.05) is 48.5 Å². The van der Waals surface area contributed by atoms with Crippen LogP contribution in [0.1, 0.15) is 5.56 Å². The largest absolute Gasteiger partial charge is 0.334 e. The van der Waals surface area contributed by atoms with Gasteiger partial charge >= 0.3 is 6.03 Å². The minimum absolute atomic E-state index is 0.137. The summed E-state index contributed by atoms with van der Waals surface area (Å²) in [6, 6.07) is 21.4. The van der Waals surface area contributed by atoms with Crippen LogP contribution in [0.2, 0.25) is 0 Å². The zero-order chi connectivity index (χ0) is 16.8. The number of aromatic nitrogens is 1. The van der Waals surface area contributed by atoms with Crippen molar-refractivity contribution in [2.45, 2.75) is 6.54 Å². The molecule has 0 bridgehead atoms. The van der Waals surface area contributed by atoms with Crippen LogP contribution in [-0.4, -0.2) is 18.1 Å². The van der Waals surface area contributed by atoms with Gasteiger partial charge in [-0.2, -0.15) is 0 Å². The first-order valence-electron chi connectivity index (χ1n) is 7.80. The molecule has 0 aliphatic rings. The first-order valence-corrected chi connectivity index (χ1v) is 7.80. The summed E-state index contributed by atoms with van der Waals surface area (Å²) >= 11 is 0. The van der Waals surface area contributed by atoms with E-state index in [4.69, 9.17) is 0 Å². The van der Waals surface area contributed by atoms with E-state index >= 15 is 0 Å². The van der Waals surface area contributed by atoms with Crippen LogP contribution < -0.4 is 10.2 Å². The molecule has 0 aliphatic carbocycles. The summed E-state index contributed by atoms with van der Waals surface area (Å²) in [6.45, 7) is 0.459. The summed E-state index contributed by atoms with van der Waals surface area (Å²) < 4.78 is 0. The highest BCUT2D eigenvalue weighted by atomic mass is 16.2. The Morgan fingerprint density at radius 2 is 1.75 bits per heavy atom.